The fourth-order valence-corrected chi connectivity index (χ4v) is 3.07. The van der Waals surface area contributed by atoms with Crippen molar-refractivity contribution < 1.29 is 39.0 Å². The number of carboxylic acids is 2. The summed E-state index contributed by atoms with van der Waals surface area (Å²) in [7, 11) is 0. The number of carbonyl (C=O) groups excluding carboxylic acids is 4. The van der Waals surface area contributed by atoms with Gasteiger partial charge in [0.15, 0.2) is 5.96 Å². The van der Waals surface area contributed by atoms with E-state index in [1.165, 1.54) is 0 Å². The summed E-state index contributed by atoms with van der Waals surface area (Å²) in [5.41, 5.74) is 21.4. The summed E-state index contributed by atoms with van der Waals surface area (Å²) in [6, 6.07) is -5.28. The number of carbonyl (C=O) groups is 6. The number of carboxylic acid groups (broad SMARTS) is 2. The number of nitrogens with one attached hydrogen (secondary N) is 3. The fraction of sp³-hybridized carbons (Fsp3) is 0.667. The maximum absolute atomic E-state index is 13.1. The van der Waals surface area contributed by atoms with Crippen molar-refractivity contribution in [1.82, 2.24) is 16.0 Å². The summed E-state index contributed by atoms with van der Waals surface area (Å²) in [6.07, 6.45) is -0.368. The first-order valence-electron chi connectivity index (χ1n) is 11.6. The Morgan fingerprint density at radius 3 is 1.95 bits per heavy atom. The summed E-state index contributed by atoms with van der Waals surface area (Å²) in [5.74, 6) is -6.71. The van der Waals surface area contributed by atoms with Gasteiger partial charge >= 0.3 is 11.9 Å². The molecule has 0 rings (SSSR count). The van der Waals surface area contributed by atoms with Crippen molar-refractivity contribution in [2.45, 2.75) is 76.5 Å². The second-order valence-electron chi connectivity index (χ2n) is 8.49. The maximum Gasteiger partial charge on any atom is 0.326 e. The molecule has 0 bridgehead atoms. The molecule has 16 nitrogen and oxygen atoms in total. The van der Waals surface area contributed by atoms with Crippen LogP contribution in [0.15, 0.2) is 4.99 Å². The third kappa shape index (κ3) is 13.6. The molecule has 0 aromatic heterocycles. The number of amides is 4. The Morgan fingerprint density at radius 2 is 1.46 bits per heavy atom. The van der Waals surface area contributed by atoms with Crippen LogP contribution in [-0.4, -0.2) is 82.5 Å². The highest BCUT2D eigenvalue weighted by Gasteiger charge is 2.33. The van der Waals surface area contributed by atoms with E-state index in [2.05, 4.69) is 20.9 Å². The number of aliphatic carboxylic acids is 2. The molecule has 5 atom stereocenters. The molecule has 0 aromatic rings. The van der Waals surface area contributed by atoms with E-state index in [9.17, 15) is 33.9 Å². The van der Waals surface area contributed by atoms with Crippen LogP contribution in [0.2, 0.25) is 0 Å². The first kappa shape index (κ1) is 33.0. The van der Waals surface area contributed by atoms with Crippen LogP contribution in [0.5, 0.6) is 0 Å². The Labute approximate surface area is 214 Å². The van der Waals surface area contributed by atoms with E-state index in [1.54, 1.807) is 13.8 Å². The highest BCUT2D eigenvalue weighted by atomic mass is 16.4. The molecular weight excluding hydrogens is 492 g/mol. The monoisotopic (exact) mass is 530 g/mol. The van der Waals surface area contributed by atoms with Crippen molar-refractivity contribution in [2.24, 2.45) is 33.8 Å². The van der Waals surface area contributed by atoms with Gasteiger partial charge in [-0.1, -0.05) is 20.3 Å². The molecule has 0 fully saturated rings. The van der Waals surface area contributed by atoms with Crippen molar-refractivity contribution in [1.29, 1.82) is 0 Å². The van der Waals surface area contributed by atoms with E-state index in [0.29, 0.717) is 6.42 Å². The number of hydrogen-bond acceptors (Lipinski definition) is 8. The van der Waals surface area contributed by atoms with Gasteiger partial charge in [0, 0.05) is 13.0 Å². The zero-order valence-corrected chi connectivity index (χ0v) is 20.9. The van der Waals surface area contributed by atoms with Crippen LogP contribution in [0.3, 0.4) is 0 Å². The summed E-state index contributed by atoms with van der Waals surface area (Å²) >= 11 is 0. The lowest BCUT2D eigenvalue weighted by Gasteiger charge is -2.28. The van der Waals surface area contributed by atoms with Crippen LogP contribution >= 0.6 is 0 Å². The van der Waals surface area contributed by atoms with Crippen LogP contribution in [0, 0.1) is 5.92 Å². The molecule has 0 radical (unpaired) electrons. The van der Waals surface area contributed by atoms with Crippen molar-refractivity contribution in [3.05, 3.63) is 0 Å². The van der Waals surface area contributed by atoms with Crippen molar-refractivity contribution in [3.8, 4) is 0 Å². The Kier molecular flexibility index (Phi) is 14.9. The second-order valence-corrected chi connectivity index (χ2v) is 8.49. The summed E-state index contributed by atoms with van der Waals surface area (Å²) in [4.78, 5) is 75.5. The van der Waals surface area contributed by atoms with Gasteiger partial charge in [-0.25, -0.2) is 4.79 Å². The van der Waals surface area contributed by atoms with Crippen molar-refractivity contribution >= 4 is 41.5 Å². The van der Waals surface area contributed by atoms with E-state index < -0.39 is 72.1 Å². The highest BCUT2D eigenvalue weighted by molar-refractivity contribution is 5.94. The normalized spacial score (nSPS) is 14.7. The Bertz CT molecular complexity index is 861. The van der Waals surface area contributed by atoms with Crippen LogP contribution in [0.4, 0.5) is 0 Å². The zero-order chi connectivity index (χ0) is 28.7. The van der Waals surface area contributed by atoms with E-state index in [4.69, 9.17) is 28.0 Å². The van der Waals surface area contributed by atoms with Gasteiger partial charge in [0.1, 0.15) is 18.1 Å². The first-order chi connectivity index (χ1) is 17.2. The van der Waals surface area contributed by atoms with Gasteiger partial charge in [-0.05, 0) is 25.2 Å². The first-order valence-corrected chi connectivity index (χ1v) is 11.6. The van der Waals surface area contributed by atoms with Crippen LogP contribution < -0.4 is 38.9 Å². The molecule has 0 aliphatic carbocycles. The summed E-state index contributed by atoms with van der Waals surface area (Å²) in [5, 5.41) is 25.2. The molecule has 0 saturated heterocycles. The van der Waals surface area contributed by atoms with Gasteiger partial charge in [0.05, 0.1) is 12.5 Å². The van der Waals surface area contributed by atoms with Crippen molar-refractivity contribution in [2.75, 3.05) is 6.54 Å². The lowest BCUT2D eigenvalue weighted by molar-refractivity contribution is -0.147. The number of rotatable bonds is 18. The number of hydrogen-bond donors (Lipinski definition) is 9. The second kappa shape index (κ2) is 16.7. The van der Waals surface area contributed by atoms with Gasteiger partial charge < -0.3 is 49.1 Å². The molecule has 0 aliphatic heterocycles. The third-order valence-corrected chi connectivity index (χ3v) is 5.40. The largest absolute Gasteiger partial charge is 0.481 e. The molecule has 16 heteroatoms. The SMILES string of the molecule is CCC(C)C(NC(=O)C(CCCN=C(N)N)NC(=O)C(N)CCC(N)=O)C(=O)NC(CC(=O)O)C(=O)O. The van der Waals surface area contributed by atoms with E-state index >= 15 is 0 Å². The minimum atomic E-state index is -1.72. The average molecular weight is 531 g/mol. The Morgan fingerprint density at radius 1 is 0.865 bits per heavy atom. The molecular formula is C21H38N8O8. The number of aliphatic imine (C=N–C) groups is 1. The topological polar surface area (TPSA) is 295 Å². The molecule has 0 spiro atoms. The van der Waals surface area contributed by atoms with Crippen LogP contribution in [-0.2, 0) is 28.8 Å². The molecule has 0 aliphatic rings. The predicted octanol–water partition coefficient (Wildman–Crippen LogP) is -3.31. The van der Waals surface area contributed by atoms with E-state index in [-0.39, 0.29) is 38.2 Å². The molecule has 5 unspecified atom stereocenters. The summed E-state index contributed by atoms with van der Waals surface area (Å²) in [6.45, 7) is 3.50. The molecule has 0 heterocycles. The van der Waals surface area contributed by atoms with Gasteiger partial charge in [-0.2, -0.15) is 0 Å². The quantitative estimate of drug-likeness (QED) is 0.0480. The third-order valence-electron chi connectivity index (χ3n) is 5.40. The van der Waals surface area contributed by atoms with Gasteiger partial charge in [0.2, 0.25) is 23.6 Å². The zero-order valence-electron chi connectivity index (χ0n) is 20.9. The predicted molar refractivity (Wildman–Crippen MR) is 131 cm³/mol. The molecule has 0 aromatic carbocycles. The minimum absolute atomic E-state index is 0.0441. The van der Waals surface area contributed by atoms with E-state index in [1.807, 2.05) is 0 Å². The molecule has 13 N–H and O–H groups in total. The molecule has 210 valence electrons. The van der Waals surface area contributed by atoms with E-state index in [0.717, 1.165) is 0 Å². The minimum Gasteiger partial charge on any atom is -0.481 e. The van der Waals surface area contributed by atoms with Crippen LogP contribution in [0.1, 0.15) is 52.4 Å². The lowest BCUT2D eigenvalue weighted by Crippen LogP contribution is -2.58. The summed E-state index contributed by atoms with van der Waals surface area (Å²) < 4.78 is 0. The number of guanidine groups is 1. The Hall–Kier alpha value is -3.95. The Balaban J connectivity index is 5.68. The van der Waals surface area contributed by atoms with Gasteiger partial charge in [-0.3, -0.25) is 29.0 Å². The smallest absolute Gasteiger partial charge is 0.326 e. The van der Waals surface area contributed by atoms with Gasteiger partial charge in [0.25, 0.3) is 0 Å². The highest BCUT2D eigenvalue weighted by Crippen LogP contribution is 2.11. The number of nitrogens with zero attached hydrogens (tertiary/aromatic N) is 1. The number of primary amides is 1. The van der Waals surface area contributed by atoms with Gasteiger partial charge in [-0.15, -0.1) is 0 Å². The molecule has 0 saturated carbocycles. The van der Waals surface area contributed by atoms with Crippen molar-refractivity contribution in [3.63, 3.8) is 0 Å². The lowest BCUT2D eigenvalue weighted by atomic mass is 9.97. The molecule has 4 amide bonds. The van der Waals surface area contributed by atoms with Crippen LogP contribution in [0.25, 0.3) is 0 Å². The number of nitrogens with two attached hydrogens (primary N) is 4. The maximum atomic E-state index is 13.1. The molecule has 37 heavy (non-hydrogen) atoms. The average Bonchev–Trinajstić information content (AvgIpc) is 2.80. The fourth-order valence-electron chi connectivity index (χ4n) is 3.07. The standard InChI is InChI=1S/C21H38N8O8/c1-3-10(2)16(19(35)28-13(20(36)37)9-15(31)32)29-18(34)12(5-4-8-26-21(24)25)27-17(33)11(22)6-7-14(23)30/h10-13,16H,3-9,22H2,1-2H3,(H2,23,30)(H,27,33)(H,28,35)(H,29,34)(H,31,32)(H,36,37)(H4,24,25,26).